The van der Waals surface area contributed by atoms with Crippen LogP contribution in [0.25, 0.3) is 33.3 Å². The van der Waals surface area contributed by atoms with Gasteiger partial charge in [-0.1, -0.05) is 42.5 Å². The third kappa shape index (κ3) is 5.84. The van der Waals surface area contributed by atoms with Crippen LogP contribution in [-0.4, -0.2) is 42.7 Å². The van der Waals surface area contributed by atoms with E-state index in [1.54, 1.807) is 13.0 Å². The third-order valence-electron chi connectivity index (χ3n) is 5.68. The molecule has 35 heavy (non-hydrogen) atoms. The van der Waals surface area contributed by atoms with Crippen LogP contribution in [-0.2, 0) is 16.1 Å². The molecule has 0 aliphatic heterocycles. The Labute approximate surface area is 205 Å². The van der Waals surface area contributed by atoms with E-state index >= 15 is 0 Å². The fourth-order valence-electron chi connectivity index (χ4n) is 4.13. The summed E-state index contributed by atoms with van der Waals surface area (Å²) in [4.78, 5) is 18.6. The van der Waals surface area contributed by atoms with Gasteiger partial charge in [-0.15, -0.1) is 0 Å². The Bertz CT molecular complexity index is 1320. The van der Waals surface area contributed by atoms with Crippen molar-refractivity contribution in [3.63, 3.8) is 0 Å². The largest absolute Gasteiger partial charge is 0.493 e. The molecule has 0 spiro atoms. The molecule has 5 nitrogen and oxygen atoms in total. The molecule has 0 saturated heterocycles. The molecule has 0 atom stereocenters. The number of halogens is 1. The van der Waals surface area contributed by atoms with Gasteiger partial charge >= 0.3 is 5.97 Å². The summed E-state index contributed by atoms with van der Waals surface area (Å²) in [7, 11) is 1.84. The predicted octanol–water partition coefficient (Wildman–Crippen LogP) is 6.10. The Morgan fingerprint density at radius 3 is 2.43 bits per heavy atom. The molecule has 0 aliphatic carbocycles. The monoisotopic (exact) mass is 472 g/mol. The van der Waals surface area contributed by atoms with Gasteiger partial charge in [-0.3, -0.25) is 9.69 Å². The van der Waals surface area contributed by atoms with Crippen LogP contribution in [0.2, 0.25) is 0 Å². The van der Waals surface area contributed by atoms with E-state index in [1.807, 2.05) is 61.3 Å². The minimum atomic E-state index is -0.321. The highest BCUT2D eigenvalue weighted by molar-refractivity contribution is 5.85. The number of para-hydroxylation sites is 1. The Hall–Kier alpha value is -3.77. The van der Waals surface area contributed by atoms with Crippen molar-refractivity contribution in [2.24, 2.45) is 0 Å². The van der Waals surface area contributed by atoms with Gasteiger partial charge in [0, 0.05) is 23.1 Å². The quantitative estimate of drug-likeness (QED) is 0.276. The van der Waals surface area contributed by atoms with Crippen molar-refractivity contribution in [3.8, 4) is 28.1 Å². The summed E-state index contributed by atoms with van der Waals surface area (Å²) >= 11 is 0. The SMILES string of the molecule is CCOC(=O)CN(C)Cc1cc(-c2ccc(-c3ccccc3OCC)cc2)nc2ccc(F)cc12. The van der Waals surface area contributed by atoms with Gasteiger partial charge in [0.2, 0.25) is 0 Å². The van der Waals surface area contributed by atoms with E-state index < -0.39 is 0 Å². The summed E-state index contributed by atoms with van der Waals surface area (Å²) in [5.74, 6) is 0.238. The second-order valence-electron chi connectivity index (χ2n) is 8.31. The molecule has 6 heteroatoms. The maximum absolute atomic E-state index is 14.1. The molecule has 1 aromatic heterocycles. The van der Waals surface area contributed by atoms with E-state index in [-0.39, 0.29) is 18.3 Å². The summed E-state index contributed by atoms with van der Waals surface area (Å²) in [6.07, 6.45) is 0. The normalized spacial score (nSPS) is 11.1. The lowest BCUT2D eigenvalue weighted by atomic mass is 10.00. The molecule has 1 heterocycles. The number of pyridine rings is 1. The fraction of sp³-hybridized carbons (Fsp3) is 0.241. The molecule has 0 aliphatic rings. The zero-order valence-corrected chi connectivity index (χ0v) is 20.3. The summed E-state index contributed by atoms with van der Waals surface area (Å²) in [6, 6.07) is 22.7. The third-order valence-corrected chi connectivity index (χ3v) is 5.68. The van der Waals surface area contributed by atoms with Crippen LogP contribution in [0.5, 0.6) is 5.75 Å². The second-order valence-corrected chi connectivity index (χ2v) is 8.31. The number of ether oxygens (including phenoxy) is 2. The number of hydrogen-bond donors (Lipinski definition) is 0. The molecule has 0 bridgehead atoms. The first-order valence-corrected chi connectivity index (χ1v) is 11.7. The minimum Gasteiger partial charge on any atom is -0.493 e. The molecule has 0 amide bonds. The molecule has 3 aromatic carbocycles. The number of hydrogen-bond acceptors (Lipinski definition) is 5. The molecule has 0 saturated carbocycles. The van der Waals surface area contributed by atoms with Crippen molar-refractivity contribution in [1.82, 2.24) is 9.88 Å². The number of carbonyl (C=O) groups excluding carboxylic acids is 1. The van der Waals surface area contributed by atoms with Crippen molar-refractivity contribution in [2.75, 3.05) is 26.8 Å². The first-order valence-electron chi connectivity index (χ1n) is 11.7. The first-order chi connectivity index (χ1) is 17.0. The van der Waals surface area contributed by atoms with Crippen LogP contribution < -0.4 is 4.74 Å². The standard InChI is InChI=1S/C29H29FN2O3/c1-4-34-28-9-7-6-8-24(28)20-10-12-21(13-11-20)27-16-22(18-32(3)19-29(33)35-5-2)25-17-23(30)14-15-26(25)31-27/h6-17H,4-5,18-19H2,1-3H3. The van der Waals surface area contributed by atoms with Crippen molar-refractivity contribution < 1.29 is 18.7 Å². The Kier molecular flexibility index (Phi) is 7.73. The van der Waals surface area contributed by atoms with Gasteiger partial charge in [0.25, 0.3) is 0 Å². The molecule has 4 rings (SSSR count). The molecule has 0 N–H and O–H groups in total. The molecule has 0 fully saturated rings. The Morgan fingerprint density at radius 2 is 1.69 bits per heavy atom. The Balaban J connectivity index is 1.68. The Morgan fingerprint density at radius 1 is 0.943 bits per heavy atom. The number of rotatable bonds is 9. The van der Waals surface area contributed by atoms with Crippen molar-refractivity contribution in [1.29, 1.82) is 0 Å². The van der Waals surface area contributed by atoms with Crippen molar-refractivity contribution in [3.05, 3.63) is 84.2 Å². The lowest BCUT2D eigenvalue weighted by Gasteiger charge is -2.18. The highest BCUT2D eigenvalue weighted by Gasteiger charge is 2.14. The van der Waals surface area contributed by atoms with E-state index in [0.717, 1.165) is 39.1 Å². The number of likely N-dealkylation sites (N-methyl/N-ethyl adjacent to an activating group) is 1. The maximum atomic E-state index is 14.1. The van der Waals surface area contributed by atoms with Crippen molar-refractivity contribution >= 4 is 16.9 Å². The second kappa shape index (κ2) is 11.1. The lowest BCUT2D eigenvalue weighted by molar-refractivity contribution is -0.144. The van der Waals surface area contributed by atoms with Crippen molar-refractivity contribution in [2.45, 2.75) is 20.4 Å². The summed E-state index contributed by atoms with van der Waals surface area (Å²) in [5, 5.41) is 0.728. The van der Waals surface area contributed by atoms with E-state index in [9.17, 15) is 9.18 Å². The summed E-state index contributed by atoms with van der Waals surface area (Å²) in [5.41, 5.74) is 5.41. The molecule has 0 radical (unpaired) electrons. The smallest absolute Gasteiger partial charge is 0.320 e. The van der Waals surface area contributed by atoms with Gasteiger partial charge in [-0.25, -0.2) is 9.37 Å². The molecular weight excluding hydrogens is 443 g/mol. The molecular formula is C29H29FN2O3. The van der Waals surface area contributed by atoms with Gasteiger partial charge in [0.1, 0.15) is 11.6 Å². The zero-order valence-electron chi connectivity index (χ0n) is 20.3. The number of benzene rings is 3. The predicted molar refractivity (Wildman–Crippen MR) is 137 cm³/mol. The average molecular weight is 473 g/mol. The highest BCUT2D eigenvalue weighted by Crippen LogP contribution is 2.32. The van der Waals surface area contributed by atoms with Gasteiger partial charge < -0.3 is 9.47 Å². The number of nitrogens with zero attached hydrogens (tertiary/aromatic N) is 2. The lowest BCUT2D eigenvalue weighted by Crippen LogP contribution is -2.27. The van der Waals surface area contributed by atoms with Crippen LogP contribution in [0, 0.1) is 5.82 Å². The topological polar surface area (TPSA) is 51.7 Å². The maximum Gasteiger partial charge on any atom is 0.320 e. The first kappa shape index (κ1) is 24.4. The van der Waals surface area contributed by atoms with E-state index in [0.29, 0.717) is 25.3 Å². The molecule has 180 valence electrons. The highest BCUT2D eigenvalue weighted by atomic mass is 19.1. The number of fused-ring (bicyclic) bond motifs is 1. The van der Waals surface area contributed by atoms with Crippen LogP contribution in [0.4, 0.5) is 4.39 Å². The van der Waals surface area contributed by atoms with Crippen LogP contribution in [0.1, 0.15) is 19.4 Å². The van der Waals surface area contributed by atoms with E-state index in [1.165, 1.54) is 12.1 Å². The number of carbonyl (C=O) groups is 1. The van der Waals surface area contributed by atoms with Gasteiger partial charge in [-0.05, 0) is 62.4 Å². The molecule has 0 unspecified atom stereocenters. The van der Waals surface area contributed by atoms with Gasteiger partial charge in [0.15, 0.2) is 0 Å². The van der Waals surface area contributed by atoms with E-state index in [4.69, 9.17) is 14.5 Å². The summed E-state index contributed by atoms with van der Waals surface area (Å²) < 4.78 is 24.9. The zero-order chi connectivity index (χ0) is 24.8. The number of aromatic nitrogens is 1. The van der Waals surface area contributed by atoms with Crippen LogP contribution in [0.15, 0.2) is 72.8 Å². The average Bonchev–Trinajstić information content (AvgIpc) is 2.85. The summed E-state index contributed by atoms with van der Waals surface area (Å²) in [6.45, 7) is 5.29. The van der Waals surface area contributed by atoms with Crippen LogP contribution in [0.3, 0.4) is 0 Å². The number of esters is 1. The fourth-order valence-corrected chi connectivity index (χ4v) is 4.13. The minimum absolute atomic E-state index is 0.149. The van der Waals surface area contributed by atoms with Crippen LogP contribution >= 0.6 is 0 Å². The molecule has 4 aromatic rings. The van der Waals surface area contributed by atoms with Gasteiger partial charge in [-0.2, -0.15) is 0 Å². The van der Waals surface area contributed by atoms with E-state index in [2.05, 4.69) is 12.1 Å². The van der Waals surface area contributed by atoms with Gasteiger partial charge in [0.05, 0.1) is 31.0 Å².